The smallest absolute Gasteiger partial charge is 0.412 e. The molecule has 0 saturated heterocycles. The van der Waals surface area contributed by atoms with Crippen LogP contribution in [0.3, 0.4) is 0 Å². The second-order valence-electron chi connectivity index (χ2n) is 5.59. The van der Waals surface area contributed by atoms with Crippen molar-refractivity contribution in [1.82, 2.24) is 0 Å². The second-order valence-corrected chi connectivity index (χ2v) is 7.79. The summed E-state index contributed by atoms with van der Waals surface area (Å²) in [6.45, 7) is 5.55. The van der Waals surface area contributed by atoms with Gasteiger partial charge in [0.15, 0.2) is 0 Å². The largest absolute Gasteiger partial charge is 0.444 e. The highest BCUT2D eigenvalue weighted by molar-refractivity contribution is 9.10. The Bertz CT molecular complexity index is 481. The van der Waals surface area contributed by atoms with Gasteiger partial charge in [-0.15, -0.1) is 11.8 Å². The molecule has 0 heterocycles. The molecule has 1 aromatic carbocycles. The van der Waals surface area contributed by atoms with Gasteiger partial charge in [0.1, 0.15) is 5.60 Å². The molecular weight excluding hydrogens is 326 g/mol. The number of halogens is 1. The summed E-state index contributed by atoms with van der Waals surface area (Å²) in [6.07, 6.45) is 2.14. The normalized spacial score (nSPS) is 15.2. The molecule has 1 aliphatic rings. The summed E-state index contributed by atoms with van der Waals surface area (Å²) in [5.41, 5.74) is 0.283. The number of carbonyl (C=O) groups is 1. The van der Waals surface area contributed by atoms with Crippen LogP contribution >= 0.6 is 27.7 Å². The van der Waals surface area contributed by atoms with Gasteiger partial charge in [-0.05, 0) is 67.7 Å². The van der Waals surface area contributed by atoms with Gasteiger partial charge in [0.25, 0.3) is 0 Å². The van der Waals surface area contributed by atoms with Gasteiger partial charge in [0, 0.05) is 20.3 Å². The second kappa shape index (κ2) is 5.75. The van der Waals surface area contributed by atoms with Crippen molar-refractivity contribution in [2.45, 2.75) is 49.4 Å². The van der Waals surface area contributed by atoms with Gasteiger partial charge >= 0.3 is 6.09 Å². The maximum Gasteiger partial charge on any atom is 0.412 e. The summed E-state index contributed by atoms with van der Waals surface area (Å²) in [6, 6.07) is 5.80. The zero-order valence-corrected chi connectivity index (χ0v) is 13.7. The van der Waals surface area contributed by atoms with Crippen LogP contribution < -0.4 is 5.32 Å². The van der Waals surface area contributed by atoms with Crippen LogP contribution in [0.5, 0.6) is 0 Å². The minimum Gasteiger partial charge on any atom is -0.444 e. The van der Waals surface area contributed by atoms with Crippen molar-refractivity contribution in [3.8, 4) is 0 Å². The average molecular weight is 344 g/mol. The van der Waals surface area contributed by atoms with Gasteiger partial charge in [-0.2, -0.15) is 0 Å². The third kappa shape index (κ3) is 5.07. The third-order valence-electron chi connectivity index (χ3n) is 2.39. The fourth-order valence-electron chi connectivity index (χ4n) is 1.46. The van der Waals surface area contributed by atoms with E-state index in [-0.39, 0.29) is 0 Å². The van der Waals surface area contributed by atoms with E-state index < -0.39 is 11.7 Å². The number of anilines is 1. The third-order valence-corrected chi connectivity index (χ3v) is 4.74. The van der Waals surface area contributed by atoms with E-state index >= 15 is 0 Å². The van der Waals surface area contributed by atoms with Crippen LogP contribution in [0, 0.1) is 0 Å². The zero-order valence-electron chi connectivity index (χ0n) is 11.3. The lowest BCUT2D eigenvalue weighted by Crippen LogP contribution is -2.27. The van der Waals surface area contributed by atoms with Crippen LogP contribution in [0.2, 0.25) is 0 Å². The molecule has 1 aromatic rings. The van der Waals surface area contributed by atoms with Crippen molar-refractivity contribution >= 4 is 39.5 Å². The molecule has 1 fully saturated rings. The Kier molecular flexibility index (Phi) is 4.46. The number of hydrogen-bond acceptors (Lipinski definition) is 3. The summed E-state index contributed by atoms with van der Waals surface area (Å²) in [5, 5.41) is 3.49. The first-order valence-corrected chi connectivity index (χ1v) is 7.97. The average Bonchev–Trinajstić information content (AvgIpc) is 3.04. The van der Waals surface area contributed by atoms with Gasteiger partial charge in [-0.1, -0.05) is 0 Å². The first-order valence-electron chi connectivity index (χ1n) is 6.30. The molecule has 0 radical (unpaired) electrons. The minimum atomic E-state index is -0.481. The lowest BCUT2D eigenvalue weighted by atomic mass is 10.2. The van der Waals surface area contributed by atoms with E-state index in [1.54, 1.807) is 0 Å². The molecule has 1 N–H and O–H groups in total. The van der Waals surface area contributed by atoms with E-state index in [9.17, 15) is 4.79 Å². The maximum atomic E-state index is 11.7. The summed E-state index contributed by atoms with van der Waals surface area (Å²) in [5.74, 6) is 0. The molecule has 0 aliphatic heterocycles. The van der Waals surface area contributed by atoms with E-state index in [1.807, 2.05) is 50.7 Å². The van der Waals surface area contributed by atoms with Crippen molar-refractivity contribution in [1.29, 1.82) is 0 Å². The van der Waals surface area contributed by atoms with Gasteiger partial charge in [-0.3, -0.25) is 5.32 Å². The van der Waals surface area contributed by atoms with Gasteiger partial charge in [0.05, 0.1) is 0 Å². The predicted molar refractivity (Wildman–Crippen MR) is 82.9 cm³/mol. The lowest BCUT2D eigenvalue weighted by molar-refractivity contribution is 0.0636. The van der Waals surface area contributed by atoms with Crippen LogP contribution in [0.25, 0.3) is 0 Å². The molecule has 3 nitrogen and oxygen atoms in total. The molecule has 0 bridgehead atoms. The van der Waals surface area contributed by atoms with Crippen LogP contribution in [-0.4, -0.2) is 16.9 Å². The highest BCUT2D eigenvalue weighted by Crippen LogP contribution is 2.42. The summed E-state index contributed by atoms with van der Waals surface area (Å²) in [4.78, 5) is 12.9. The molecule has 104 valence electrons. The monoisotopic (exact) mass is 343 g/mol. The number of ether oxygens (including phenoxy) is 1. The summed E-state index contributed by atoms with van der Waals surface area (Å²) in [7, 11) is 0. The minimum absolute atomic E-state index is 0.419. The first kappa shape index (κ1) is 14.7. The quantitative estimate of drug-likeness (QED) is 0.834. The van der Waals surface area contributed by atoms with Crippen LogP contribution in [0.15, 0.2) is 27.6 Å². The van der Waals surface area contributed by atoms with E-state index in [4.69, 9.17) is 4.74 Å². The topological polar surface area (TPSA) is 38.3 Å². The molecule has 19 heavy (non-hydrogen) atoms. The molecule has 5 heteroatoms. The van der Waals surface area contributed by atoms with Crippen molar-refractivity contribution < 1.29 is 9.53 Å². The highest BCUT2D eigenvalue weighted by Gasteiger charge is 2.23. The number of hydrogen-bond donors (Lipinski definition) is 1. The molecule has 1 amide bonds. The molecule has 0 spiro atoms. The number of rotatable bonds is 3. The number of nitrogens with one attached hydrogen (secondary N) is 1. The summed E-state index contributed by atoms with van der Waals surface area (Å²) < 4.78 is 6.31. The van der Waals surface area contributed by atoms with Gasteiger partial charge < -0.3 is 4.74 Å². The van der Waals surface area contributed by atoms with E-state index in [1.165, 1.54) is 12.8 Å². The lowest BCUT2D eigenvalue weighted by Gasteiger charge is -2.19. The van der Waals surface area contributed by atoms with E-state index in [0.717, 1.165) is 20.3 Å². The van der Waals surface area contributed by atoms with Crippen molar-refractivity contribution in [2.75, 3.05) is 5.32 Å². The molecule has 2 rings (SSSR count). The van der Waals surface area contributed by atoms with E-state index in [0.29, 0.717) is 0 Å². The maximum absolute atomic E-state index is 11.7. The Balaban J connectivity index is 2.01. The van der Waals surface area contributed by atoms with Crippen LogP contribution in [0.1, 0.15) is 33.6 Å². The Morgan fingerprint density at radius 2 is 2.11 bits per heavy atom. The molecule has 0 aromatic heterocycles. The fourth-order valence-corrected chi connectivity index (χ4v) is 3.09. The van der Waals surface area contributed by atoms with Crippen molar-refractivity contribution in [3.05, 3.63) is 22.7 Å². The van der Waals surface area contributed by atoms with Crippen LogP contribution in [-0.2, 0) is 4.74 Å². The summed E-state index contributed by atoms with van der Waals surface area (Å²) >= 11 is 5.39. The Labute approximate surface area is 126 Å². The standard InChI is InChI=1S/C14H18BrNO2S/c1-14(2,3)18-13(17)16-9-4-7-11(15)12(8-9)19-10-5-6-10/h4,7-8,10H,5-6H2,1-3H3,(H,16,17). The van der Waals surface area contributed by atoms with Crippen molar-refractivity contribution in [3.63, 3.8) is 0 Å². The number of benzene rings is 1. The molecule has 0 unspecified atom stereocenters. The SMILES string of the molecule is CC(C)(C)OC(=O)Nc1ccc(Br)c(SC2CC2)c1. The fraction of sp³-hybridized carbons (Fsp3) is 0.500. The van der Waals surface area contributed by atoms with Crippen molar-refractivity contribution in [2.24, 2.45) is 0 Å². The van der Waals surface area contributed by atoms with E-state index in [2.05, 4.69) is 21.2 Å². The van der Waals surface area contributed by atoms with Crippen LogP contribution in [0.4, 0.5) is 10.5 Å². The first-order chi connectivity index (χ1) is 8.83. The molecule has 0 atom stereocenters. The molecule has 1 saturated carbocycles. The zero-order chi connectivity index (χ0) is 14.0. The predicted octanol–water partition coefficient (Wildman–Crippen LogP) is 5.05. The number of amides is 1. The van der Waals surface area contributed by atoms with Gasteiger partial charge in [-0.25, -0.2) is 4.79 Å². The number of thioether (sulfide) groups is 1. The molecule has 1 aliphatic carbocycles. The number of carbonyl (C=O) groups excluding carboxylic acids is 1. The Morgan fingerprint density at radius 1 is 1.42 bits per heavy atom. The Hall–Kier alpha value is -0.680. The highest BCUT2D eigenvalue weighted by atomic mass is 79.9. The Morgan fingerprint density at radius 3 is 2.68 bits per heavy atom. The van der Waals surface area contributed by atoms with Gasteiger partial charge in [0.2, 0.25) is 0 Å². The molecular formula is C14H18BrNO2S.